The molecular weight excluding hydrogens is 397 g/mol. The summed E-state index contributed by atoms with van der Waals surface area (Å²) in [6.45, 7) is 0.453. The van der Waals surface area contributed by atoms with Crippen molar-refractivity contribution in [3.8, 4) is 0 Å². The second-order valence-corrected chi connectivity index (χ2v) is 7.79. The molecule has 3 heterocycles. The maximum absolute atomic E-state index is 10.2. The quantitative estimate of drug-likeness (QED) is 0.567. The Morgan fingerprint density at radius 1 is 1.23 bits per heavy atom. The van der Waals surface area contributed by atoms with Crippen LogP contribution in [0.1, 0.15) is 10.9 Å². The molecule has 3 atom stereocenters. The van der Waals surface area contributed by atoms with Gasteiger partial charge in [0.25, 0.3) is 0 Å². The Morgan fingerprint density at radius 2 is 2.04 bits per heavy atom. The van der Waals surface area contributed by atoms with Crippen molar-refractivity contribution in [3.63, 3.8) is 0 Å². The van der Waals surface area contributed by atoms with Gasteiger partial charge >= 0.3 is 0 Å². The van der Waals surface area contributed by atoms with E-state index in [1.807, 2.05) is 24.3 Å². The Morgan fingerprint density at radius 3 is 2.77 bits per heavy atom. The highest BCUT2D eigenvalue weighted by Gasteiger charge is 2.36. The van der Waals surface area contributed by atoms with Gasteiger partial charge in [0.15, 0.2) is 17.0 Å². The molecule has 136 valence electrons. The first kappa shape index (κ1) is 17.8. The summed E-state index contributed by atoms with van der Waals surface area (Å²) in [5, 5.41) is 23.5. The van der Waals surface area contributed by atoms with E-state index in [4.69, 9.17) is 23.2 Å². The molecule has 10 heteroatoms. The first-order valence-corrected chi connectivity index (χ1v) is 9.70. The molecule has 7 nitrogen and oxygen atoms in total. The van der Waals surface area contributed by atoms with Gasteiger partial charge in [-0.25, -0.2) is 4.98 Å². The number of halogens is 2. The zero-order valence-corrected chi connectivity index (χ0v) is 15.7. The van der Waals surface area contributed by atoms with E-state index >= 15 is 0 Å². The van der Waals surface area contributed by atoms with Gasteiger partial charge in [-0.15, -0.1) is 11.8 Å². The van der Waals surface area contributed by atoms with Crippen LogP contribution in [-0.4, -0.2) is 47.7 Å². The number of rotatable bonds is 4. The minimum Gasteiger partial charge on any atom is -0.389 e. The Hall–Kier alpha value is -1.58. The molecule has 2 aromatic heterocycles. The molecular formula is C16H15Cl2N5O2S. The Kier molecular flexibility index (Phi) is 4.94. The van der Waals surface area contributed by atoms with Crippen LogP contribution in [-0.2, 0) is 6.54 Å². The smallest absolute Gasteiger partial charge is 0.226 e. The molecule has 1 unspecified atom stereocenters. The fourth-order valence-corrected chi connectivity index (χ4v) is 4.50. The molecule has 0 saturated carbocycles. The summed E-state index contributed by atoms with van der Waals surface area (Å²) in [7, 11) is 0. The maximum atomic E-state index is 10.2. The molecule has 1 aliphatic heterocycles. The van der Waals surface area contributed by atoms with Crippen molar-refractivity contribution in [2.24, 2.45) is 0 Å². The minimum absolute atomic E-state index is 0.0685. The van der Waals surface area contributed by atoms with Crippen molar-refractivity contribution in [2.45, 2.75) is 24.1 Å². The largest absolute Gasteiger partial charge is 0.389 e. The van der Waals surface area contributed by atoms with Gasteiger partial charge in [-0.1, -0.05) is 29.8 Å². The standard InChI is InChI=1S/C16H15Cl2N5O2S/c17-9-4-2-1-3-8(9)5-19-13-11-14(22-16(18)21-13)23(7-20-11)15-12(25)10(24)6-26-15/h1-4,7,10,12,15,24-25H,5-6H2,(H,19,21,22)/t10-,12?,15+/m0/s1. The Balaban J connectivity index is 1.67. The summed E-state index contributed by atoms with van der Waals surface area (Å²) < 4.78 is 1.72. The van der Waals surface area contributed by atoms with Gasteiger partial charge in [0.05, 0.1) is 12.4 Å². The fourth-order valence-electron chi connectivity index (χ4n) is 2.85. The number of anilines is 1. The van der Waals surface area contributed by atoms with Crippen LogP contribution < -0.4 is 5.32 Å². The zero-order valence-electron chi connectivity index (χ0n) is 13.4. The molecule has 3 N–H and O–H groups in total. The SMILES string of the molecule is OC1[C@H](n2cnc3c(NCc4ccccc4Cl)nc(Cl)nc32)SC[C@@H]1O. The third-order valence-corrected chi connectivity index (χ3v) is 6.12. The van der Waals surface area contributed by atoms with Gasteiger partial charge < -0.3 is 15.5 Å². The second kappa shape index (κ2) is 7.21. The Bertz CT molecular complexity index is 954. The molecule has 1 aromatic carbocycles. The maximum Gasteiger partial charge on any atom is 0.226 e. The minimum atomic E-state index is -0.898. The van der Waals surface area contributed by atoms with Crippen molar-refractivity contribution in [1.82, 2.24) is 19.5 Å². The van der Waals surface area contributed by atoms with Crippen LogP contribution in [0, 0.1) is 0 Å². The van der Waals surface area contributed by atoms with Gasteiger partial charge in [-0.2, -0.15) is 9.97 Å². The number of thioether (sulfide) groups is 1. The average molecular weight is 412 g/mol. The molecule has 4 rings (SSSR count). The van der Waals surface area contributed by atoms with Crippen molar-refractivity contribution < 1.29 is 10.2 Å². The van der Waals surface area contributed by atoms with Gasteiger partial charge in [0.1, 0.15) is 11.5 Å². The van der Waals surface area contributed by atoms with E-state index in [0.717, 1.165) is 5.56 Å². The lowest BCUT2D eigenvalue weighted by Crippen LogP contribution is -2.27. The van der Waals surface area contributed by atoms with Crippen LogP contribution >= 0.6 is 35.0 Å². The van der Waals surface area contributed by atoms with E-state index in [9.17, 15) is 10.2 Å². The van der Waals surface area contributed by atoms with Crippen LogP contribution in [0.4, 0.5) is 5.82 Å². The molecule has 0 aliphatic carbocycles. The molecule has 0 amide bonds. The summed E-state index contributed by atoms with van der Waals surface area (Å²) in [4.78, 5) is 12.9. The van der Waals surface area contributed by atoms with E-state index in [0.29, 0.717) is 34.3 Å². The van der Waals surface area contributed by atoms with Crippen LogP contribution in [0.25, 0.3) is 11.2 Å². The molecule has 0 radical (unpaired) electrons. The van der Waals surface area contributed by atoms with E-state index in [1.165, 1.54) is 11.8 Å². The van der Waals surface area contributed by atoms with Crippen LogP contribution in [0.5, 0.6) is 0 Å². The van der Waals surface area contributed by atoms with Crippen molar-refractivity contribution in [3.05, 3.63) is 46.5 Å². The highest BCUT2D eigenvalue weighted by molar-refractivity contribution is 7.99. The van der Waals surface area contributed by atoms with Gasteiger partial charge in [0, 0.05) is 17.3 Å². The fraction of sp³-hybridized carbons (Fsp3) is 0.312. The third-order valence-electron chi connectivity index (χ3n) is 4.20. The molecule has 3 aromatic rings. The highest BCUT2D eigenvalue weighted by atomic mass is 35.5. The lowest BCUT2D eigenvalue weighted by atomic mass is 10.2. The number of hydrogen-bond acceptors (Lipinski definition) is 7. The summed E-state index contributed by atoms with van der Waals surface area (Å²) >= 11 is 13.7. The molecule has 26 heavy (non-hydrogen) atoms. The zero-order chi connectivity index (χ0) is 18.3. The number of fused-ring (bicyclic) bond motifs is 1. The number of imidazole rings is 1. The third kappa shape index (κ3) is 3.23. The first-order chi connectivity index (χ1) is 12.5. The second-order valence-electron chi connectivity index (χ2n) is 5.89. The monoisotopic (exact) mass is 411 g/mol. The van der Waals surface area contributed by atoms with Gasteiger partial charge in [-0.05, 0) is 23.2 Å². The van der Waals surface area contributed by atoms with Gasteiger partial charge in [0.2, 0.25) is 5.28 Å². The number of benzene rings is 1. The summed E-state index contributed by atoms with van der Waals surface area (Å²) in [5.41, 5.74) is 1.95. The predicted octanol–water partition coefficient (Wildman–Crippen LogP) is 2.71. The highest BCUT2D eigenvalue weighted by Crippen LogP contribution is 2.38. The first-order valence-electron chi connectivity index (χ1n) is 7.89. The molecule has 1 aliphatic rings. The summed E-state index contributed by atoms with van der Waals surface area (Å²) in [6.07, 6.45) is -0.0989. The number of hydrogen-bond donors (Lipinski definition) is 3. The van der Waals surface area contributed by atoms with E-state index in [-0.39, 0.29) is 10.7 Å². The van der Waals surface area contributed by atoms with Crippen molar-refractivity contribution in [1.29, 1.82) is 0 Å². The number of aliphatic hydroxyl groups excluding tert-OH is 2. The molecule has 0 spiro atoms. The van der Waals surface area contributed by atoms with Crippen LogP contribution in [0.15, 0.2) is 30.6 Å². The lowest BCUT2D eigenvalue weighted by Gasteiger charge is -2.17. The average Bonchev–Trinajstić information content (AvgIpc) is 3.18. The normalized spacial score (nSPS) is 22.8. The lowest BCUT2D eigenvalue weighted by molar-refractivity contribution is 0.0313. The molecule has 1 saturated heterocycles. The van der Waals surface area contributed by atoms with E-state index in [2.05, 4.69) is 20.3 Å². The summed E-state index contributed by atoms with van der Waals surface area (Å²) in [6, 6.07) is 7.51. The Labute approximate surface area is 163 Å². The number of nitrogens with zero attached hydrogens (tertiary/aromatic N) is 4. The summed E-state index contributed by atoms with van der Waals surface area (Å²) in [5.74, 6) is 0.929. The van der Waals surface area contributed by atoms with Crippen molar-refractivity contribution in [2.75, 3.05) is 11.1 Å². The van der Waals surface area contributed by atoms with Crippen LogP contribution in [0.3, 0.4) is 0 Å². The topological polar surface area (TPSA) is 96.1 Å². The predicted molar refractivity (Wildman–Crippen MR) is 103 cm³/mol. The van der Waals surface area contributed by atoms with Crippen LogP contribution in [0.2, 0.25) is 10.3 Å². The van der Waals surface area contributed by atoms with E-state index in [1.54, 1.807) is 10.9 Å². The molecule has 0 bridgehead atoms. The van der Waals surface area contributed by atoms with Gasteiger partial charge in [-0.3, -0.25) is 4.57 Å². The molecule has 1 fully saturated rings. The number of aromatic nitrogens is 4. The number of aliphatic hydroxyl groups is 2. The van der Waals surface area contributed by atoms with Crippen molar-refractivity contribution >= 4 is 51.9 Å². The van der Waals surface area contributed by atoms with E-state index < -0.39 is 12.2 Å². The number of nitrogens with one attached hydrogen (secondary N) is 1.